The third kappa shape index (κ3) is 3.69. The van der Waals surface area contributed by atoms with Crippen molar-refractivity contribution in [3.05, 3.63) is 78.4 Å². The summed E-state index contributed by atoms with van der Waals surface area (Å²) in [5.41, 5.74) is 4.55. The number of rotatable bonds is 6. The third-order valence-corrected chi connectivity index (χ3v) is 4.71. The maximum atomic E-state index is 13.3. The topological polar surface area (TPSA) is 56.0 Å². The molecule has 1 atom stereocenters. The van der Waals surface area contributed by atoms with E-state index in [0.717, 1.165) is 47.4 Å². The fourth-order valence-electron chi connectivity index (χ4n) is 3.39. The van der Waals surface area contributed by atoms with Crippen LogP contribution in [0.4, 0.5) is 4.39 Å². The van der Waals surface area contributed by atoms with Gasteiger partial charge in [0, 0.05) is 18.1 Å². The van der Waals surface area contributed by atoms with E-state index in [1.807, 2.05) is 30.5 Å². The first kappa shape index (κ1) is 17.3. The molecule has 3 aromatic heterocycles. The maximum absolute atomic E-state index is 13.3. The Kier molecular flexibility index (Phi) is 4.87. The maximum Gasteiger partial charge on any atom is 0.164 e. The zero-order chi connectivity index (χ0) is 18.6. The Labute approximate surface area is 157 Å². The summed E-state index contributed by atoms with van der Waals surface area (Å²) in [6, 6.07) is 10.6. The standard InChI is InChI=1S/C21H20FN5/c1-2-4-16(15-5-7-17(22)8-6-15)11-18-12-20(25-14-24-18)19-13-26-27-10-3-9-23-21(19)27/h3,5-10,12-14,16H,2,4,11H2,1H3/t16-/m1/s1. The summed E-state index contributed by atoms with van der Waals surface area (Å²) in [6.07, 6.45) is 9.82. The molecule has 4 aromatic rings. The van der Waals surface area contributed by atoms with Crippen LogP contribution in [0, 0.1) is 5.82 Å². The van der Waals surface area contributed by atoms with E-state index in [1.54, 1.807) is 23.2 Å². The van der Waals surface area contributed by atoms with Gasteiger partial charge in [0.2, 0.25) is 0 Å². The van der Waals surface area contributed by atoms with Gasteiger partial charge in [-0.05, 0) is 48.6 Å². The van der Waals surface area contributed by atoms with Crippen LogP contribution in [0.25, 0.3) is 16.9 Å². The molecular weight excluding hydrogens is 341 g/mol. The first-order valence-corrected chi connectivity index (χ1v) is 9.09. The van der Waals surface area contributed by atoms with E-state index in [1.165, 1.54) is 12.1 Å². The van der Waals surface area contributed by atoms with Crippen molar-refractivity contribution in [2.75, 3.05) is 0 Å². The zero-order valence-corrected chi connectivity index (χ0v) is 15.1. The van der Waals surface area contributed by atoms with E-state index in [0.29, 0.717) is 5.92 Å². The van der Waals surface area contributed by atoms with E-state index in [9.17, 15) is 4.39 Å². The lowest BCUT2D eigenvalue weighted by Gasteiger charge is -2.16. The molecule has 0 spiro atoms. The van der Waals surface area contributed by atoms with Gasteiger partial charge in [-0.1, -0.05) is 25.5 Å². The summed E-state index contributed by atoms with van der Waals surface area (Å²) in [5, 5.41) is 4.33. The highest BCUT2D eigenvalue weighted by Crippen LogP contribution is 2.27. The molecule has 0 N–H and O–H groups in total. The van der Waals surface area contributed by atoms with Crippen LogP contribution in [0.2, 0.25) is 0 Å². The average Bonchev–Trinajstić information content (AvgIpc) is 3.13. The summed E-state index contributed by atoms with van der Waals surface area (Å²) in [6.45, 7) is 2.16. The zero-order valence-electron chi connectivity index (χ0n) is 15.1. The van der Waals surface area contributed by atoms with Gasteiger partial charge >= 0.3 is 0 Å². The van der Waals surface area contributed by atoms with E-state index < -0.39 is 0 Å². The molecule has 5 nitrogen and oxygen atoms in total. The monoisotopic (exact) mass is 361 g/mol. The van der Waals surface area contributed by atoms with Crippen LogP contribution >= 0.6 is 0 Å². The van der Waals surface area contributed by atoms with Gasteiger partial charge in [-0.25, -0.2) is 23.9 Å². The molecule has 6 heteroatoms. The van der Waals surface area contributed by atoms with Crippen LogP contribution in [0.15, 0.2) is 61.3 Å². The van der Waals surface area contributed by atoms with Crippen LogP contribution in [-0.4, -0.2) is 24.6 Å². The molecule has 0 aliphatic rings. The van der Waals surface area contributed by atoms with E-state index >= 15 is 0 Å². The number of hydrogen-bond donors (Lipinski definition) is 0. The highest BCUT2D eigenvalue weighted by molar-refractivity contribution is 5.74. The quantitative estimate of drug-likeness (QED) is 0.509. The van der Waals surface area contributed by atoms with Gasteiger partial charge in [-0.3, -0.25) is 0 Å². The number of nitrogens with zero attached hydrogens (tertiary/aromatic N) is 5. The van der Waals surface area contributed by atoms with Gasteiger partial charge < -0.3 is 0 Å². The van der Waals surface area contributed by atoms with Crippen molar-refractivity contribution in [3.8, 4) is 11.3 Å². The predicted molar refractivity (Wildman–Crippen MR) is 102 cm³/mol. The molecule has 0 fully saturated rings. The molecular formula is C21H20FN5. The molecule has 0 bridgehead atoms. The van der Waals surface area contributed by atoms with Crippen LogP contribution in [0.3, 0.4) is 0 Å². The Bertz CT molecular complexity index is 1040. The molecule has 0 saturated heterocycles. The molecule has 0 aliphatic carbocycles. The minimum absolute atomic E-state index is 0.209. The number of fused-ring (bicyclic) bond motifs is 1. The Morgan fingerprint density at radius 2 is 1.96 bits per heavy atom. The lowest BCUT2D eigenvalue weighted by molar-refractivity contribution is 0.595. The Balaban J connectivity index is 1.64. The first-order valence-electron chi connectivity index (χ1n) is 9.09. The Hall–Kier alpha value is -3.15. The van der Waals surface area contributed by atoms with Crippen LogP contribution < -0.4 is 0 Å². The molecule has 4 rings (SSSR count). The molecule has 3 heterocycles. The lowest BCUT2D eigenvalue weighted by Crippen LogP contribution is -2.05. The fourth-order valence-corrected chi connectivity index (χ4v) is 3.39. The SMILES string of the molecule is CCC[C@H](Cc1cc(-c2cnn3cccnc23)ncn1)c1ccc(F)cc1. The van der Waals surface area contributed by atoms with E-state index in [2.05, 4.69) is 27.0 Å². The summed E-state index contributed by atoms with van der Waals surface area (Å²) >= 11 is 0. The van der Waals surface area contributed by atoms with Crippen molar-refractivity contribution >= 4 is 5.65 Å². The summed E-state index contributed by atoms with van der Waals surface area (Å²) in [5.74, 6) is 0.0827. The smallest absolute Gasteiger partial charge is 0.164 e. The van der Waals surface area contributed by atoms with Crippen molar-refractivity contribution in [1.29, 1.82) is 0 Å². The molecule has 0 saturated carbocycles. The second kappa shape index (κ2) is 7.61. The van der Waals surface area contributed by atoms with Gasteiger partial charge in [0.1, 0.15) is 12.1 Å². The number of aromatic nitrogens is 5. The van der Waals surface area contributed by atoms with Crippen molar-refractivity contribution in [2.45, 2.75) is 32.1 Å². The number of hydrogen-bond acceptors (Lipinski definition) is 4. The second-order valence-corrected chi connectivity index (χ2v) is 6.58. The third-order valence-electron chi connectivity index (χ3n) is 4.71. The molecule has 136 valence electrons. The molecule has 27 heavy (non-hydrogen) atoms. The Morgan fingerprint density at radius 1 is 1.11 bits per heavy atom. The Morgan fingerprint density at radius 3 is 2.78 bits per heavy atom. The van der Waals surface area contributed by atoms with Gasteiger partial charge in [0.15, 0.2) is 5.65 Å². The summed E-state index contributed by atoms with van der Waals surface area (Å²) in [7, 11) is 0. The predicted octanol–water partition coefficient (Wildman–Crippen LogP) is 4.45. The van der Waals surface area contributed by atoms with Gasteiger partial charge in [0.25, 0.3) is 0 Å². The molecule has 0 unspecified atom stereocenters. The summed E-state index contributed by atoms with van der Waals surface area (Å²) < 4.78 is 15.0. The fraction of sp³-hybridized carbons (Fsp3) is 0.238. The van der Waals surface area contributed by atoms with Crippen molar-refractivity contribution in [3.63, 3.8) is 0 Å². The van der Waals surface area contributed by atoms with Crippen LogP contribution in [0.1, 0.15) is 36.9 Å². The van der Waals surface area contributed by atoms with Crippen molar-refractivity contribution < 1.29 is 4.39 Å². The second-order valence-electron chi connectivity index (χ2n) is 6.58. The minimum atomic E-state index is -0.209. The average molecular weight is 361 g/mol. The largest absolute Gasteiger partial charge is 0.241 e. The van der Waals surface area contributed by atoms with E-state index in [4.69, 9.17) is 0 Å². The molecule has 0 aliphatic heterocycles. The normalized spacial score (nSPS) is 12.4. The van der Waals surface area contributed by atoms with Crippen LogP contribution in [-0.2, 0) is 6.42 Å². The van der Waals surface area contributed by atoms with Crippen LogP contribution in [0.5, 0.6) is 0 Å². The number of halogens is 1. The highest BCUT2D eigenvalue weighted by atomic mass is 19.1. The van der Waals surface area contributed by atoms with Crippen molar-refractivity contribution in [1.82, 2.24) is 24.6 Å². The molecule has 1 aromatic carbocycles. The van der Waals surface area contributed by atoms with Gasteiger partial charge in [-0.2, -0.15) is 5.10 Å². The molecule has 0 radical (unpaired) electrons. The first-order chi connectivity index (χ1) is 13.2. The summed E-state index contributed by atoms with van der Waals surface area (Å²) in [4.78, 5) is 13.3. The van der Waals surface area contributed by atoms with E-state index in [-0.39, 0.29) is 5.82 Å². The minimum Gasteiger partial charge on any atom is -0.241 e. The number of benzene rings is 1. The molecule has 0 amide bonds. The highest BCUT2D eigenvalue weighted by Gasteiger charge is 2.15. The van der Waals surface area contributed by atoms with Gasteiger partial charge in [0.05, 0.1) is 17.5 Å². The van der Waals surface area contributed by atoms with Gasteiger partial charge in [-0.15, -0.1) is 0 Å². The van der Waals surface area contributed by atoms with Crippen molar-refractivity contribution in [2.24, 2.45) is 0 Å². The lowest BCUT2D eigenvalue weighted by atomic mass is 9.90.